The molecule has 3 aromatic heterocycles. The molecule has 170 valence electrons. The summed E-state index contributed by atoms with van der Waals surface area (Å²) in [5, 5.41) is 3.11. The summed E-state index contributed by atoms with van der Waals surface area (Å²) in [4.78, 5) is 30.1. The summed E-state index contributed by atoms with van der Waals surface area (Å²) in [5.74, 6) is 0.463. The Hall–Kier alpha value is -4.08. The molecule has 0 bridgehead atoms. The third kappa shape index (κ3) is 4.19. The lowest BCUT2D eigenvalue weighted by atomic mass is 10.1. The minimum atomic E-state index is -0.556. The first-order valence-electron chi connectivity index (χ1n) is 10.3. The molecule has 0 unspecified atom stereocenters. The number of nitrogens with one attached hydrogen (secondary N) is 1. The van der Waals surface area contributed by atoms with Crippen LogP contribution in [0, 0.1) is 19.7 Å². The van der Waals surface area contributed by atoms with Crippen molar-refractivity contribution in [3.63, 3.8) is 0 Å². The highest BCUT2D eigenvalue weighted by Crippen LogP contribution is 2.30. The molecule has 9 nitrogen and oxygen atoms in total. The lowest BCUT2D eigenvalue weighted by Gasteiger charge is -2.14. The number of rotatable bonds is 7. The summed E-state index contributed by atoms with van der Waals surface area (Å²) < 4.78 is 26.5. The highest BCUT2D eigenvalue weighted by atomic mass is 19.1. The second-order valence-electron chi connectivity index (χ2n) is 7.22. The lowest BCUT2D eigenvalue weighted by Crippen LogP contribution is -2.11. The van der Waals surface area contributed by atoms with Gasteiger partial charge < -0.3 is 14.8 Å². The number of carbonyl (C=O) groups is 1. The van der Waals surface area contributed by atoms with Crippen LogP contribution in [0.5, 0.6) is 5.75 Å². The zero-order valence-electron chi connectivity index (χ0n) is 18.7. The van der Waals surface area contributed by atoms with Gasteiger partial charge in [-0.25, -0.2) is 29.1 Å². The molecule has 0 radical (unpaired) electrons. The molecule has 0 spiro atoms. The Balaban J connectivity index is 1.83. The number of fused-ring (bicyclic) bond motifs is 1. The number of hydrogen-bond donors (Lipinski definition) is 1. The number of nitrogens with zero attached hydrogens (tertiary/aromatic N) is 5. The summed E-state index contributed by atoms with van der Waals surface area (Å²) in [6, 6.07) is 4.63. The molecule has 0 aliphatic heterocycles. The van der Waals surface area contributed by atoms with Crippen molar-refractivity contribution in [3.05, 3.63) is 65.5 Å². The molecule has 0 saturated carbocycles. The molecular formula is C23H23FN6O3. The van der Waals surface area contributed by atoms with Crippen molar-refractivity contribution in [2.75, 3.05) is 19.0 Å². The topological polar surface area (TPSA) is 104 Å². The van der Waals surface area contributed by atoms with E-state index in [9.17, 15) is 9.18 Å². The van der Waals surface area contributed by atoms with Crippen LogP contribution in [0.15, 0.2) is 36.9 Å². The Morgan fingerprint density at radius 3 is 2.67 bits per heavy atom. The van der Waals surface area contributed by atoms with Gasteiger partial charge in [0.15, 0.2) is 5.69 Å². The molecule has 1 N–H and O–H groups in total. The quantitative estimate of drug-likeness (QED) is 0.425. The van der Waals surface area contributed by atoms with Crippen LogP contribution in [0.1, 0.15) is 34.5 Å². The van der Waals surface area contributed by atoms with E-state index in [1.54, 1.807) is 42.8 Å². The van der Waals surface area contributed by atoms with E-state index < -0.39 is 11.8 Å². The van der Waals surface area contributed by atoms with Gasteiger partial charge in [0.25, 0.3) is 0 Å². The molecular weight excluding hydrogens is 427 g/mol. The third-order valence-electron chi connectivity index (χ3n) is 5.14. The zero-order valence-corrected chi connectivity index (χ0v) is 18.7. The average molecular weight is 450 g/mol. The van der Waals surface area contributed by atoms with Crippen LogP contribution in [-0.4, -0.2) is 44.0 Å². The van der Waals surface area contributed by atoms with Gasteiger partial charge >= 0.3 is 5.97 Å². The van der Waals surface area contributed by atoms with Gasteiger partial charge in [-0.2, -0.15) is 0 Å². The van der Waals surface area contributed by atoms with E-state index in [1.807, 2.05) is 6.92 Å². The predicted octanol–water partition coefficient (Wildman–Crippen LogP) is 3.74. The number of hydrogen-bond acceptors (Lipinski definition) is 8. The van der Waals surface area contributed by atoms with Crippen molar-refractivity contribution in [1.29, 1.82) is 0 Å². The normalized spacial score (nSPS) is 10.9. The second-order valence-corrected chi connectivity index (χ2v) is 7.22. The predicted molar refractivity (Wildman–Crippen MR) is 120 cm³/mol. The number of imidazole rings is 1. The van der Waals surface area contributed by atoms with Gasteiger partial charge in [0.05, 0.1) is 19.2 Å². The van der Waals surface area contributed by atoms with Gasteiger partial charge in [0.2, 0.25) is 5.95 Å². The van der Waals surface area contributed by atoms with E-state index in [1.165, 1.54) is 19.5 Å². The molecule has 0 atom stereocenters. The molecule has 0 saturated heterocycles. The van der Waals surface area contributed by atoms with Gasteiger partial charge in [-0.1, -0.05) is 6.07 Å². The molecule has 33 heavy (non-hydrogen) atoms. The summed E-state index contributed by atoms with van der Waals surface area (Å²) in [6.07, 6.45) is 4.78. The van der Waals surface area contributed by atoms with Crippen LogP contribution in [0.4, 0.5) is 10.3 Å². The average Bonchev–Trinajstić information content (AvgIpc) is 3.24. The summed E-state index contributed by atoms with van der Waals surface area (Å²) >= 11 is 0. The molecule has 4 rings (SSSR count). The van der Waals surface area contributed by atoms with E-state index in [4.69, 9.17) is 9.47 Å². The maximum Gasteiger partial charge on any atom is 0.359 e. The Kier molecular flexibility index (Phi) is 6.16. The Bertz CT molecular complexity index is 1340. The SMILES string of the molecule is CCOC(=O)c1ncn2c(NCc3c(F)cccc3OC)ncc(-c3cnc(C)nc3C)c12. The number of anilines is 1. The standard InChI is InChI=1S/C23H23FN6O3/c1-5-33-22(31)20-21-16(15-9-25-14(3)29-13(15)2)10-26-23(30(21)12-28-20)27-11-17-18(24)7-6-8-19(17)32-4/h6-10,12H,5,11H2,1-4H3,(H,26,27). The molecule has 0 amide bonds. The van der Waals surface area contributed by atoms with Crippen molar-refractivity contribution in [1.82, 2.24) is 24.3 Å². The van der Waals surface area contributed by atoms with E-state index in [0.29, 0.717) is 39.7 Å². The first kappa shape index (κ1) is 22.1. The lowest BCUT2D eigenvalue weighted by molar-refractivity contribution is 0.0522. The van der Waals surface area contributed by atoms with Crippen LogP contribution in [0.25, 0.3) is 16.6 Å². The van der Waals surface area contributed by atoms with Gasteiger partial charge in [0.1, 0.15) is 23.7 Å². The minimum absolute atomic E-state index is 0.108. The van der Waals surface area contributed by atoms with Crippen molar-refractivity contribution < 1.29 is 18.7 Å². The van der Waals surface area contributed by atoms with Gasteiger partial charge in [-0.15, -0.1) is 0 Å². The zero-order chi connectivity index (χ0) is 23.5. The summed E-state index contributed by atoms with van der Waals surface area (Å²) in [7, 11) is 1.48. The van der Waals surface area contributed by atoms with Gasteiger partial charge in [-0.3, -0.25) is 4.40 Å². The van der Waals surface area contributed by atoms with Gasteiger partial charge in [-0.05, 0) is 32.9 Å². The third-order valence-corrected chi connectivity index (χ3v) is 5.14. The minimum Gasteiger partial charge on any atom is -0.496 e. The van der Waals surface area contributed by atoms with E-state index in [2.05, 4.69) is 25.3 Å². The van der Waals surface area contributed by atoms with Crippen molar-refractivity contribution >= 4 is 17.4 Å². The number of ether oxygens (including phenoxy) is 2. The van der Waals surface area contributed by atoms with E-state index in [0.717, 1.165) is 5.69 Å². The first-order valence-corrected chi connectivity index (χ1v) is 10.3. The highest BCUT2D eigenvalue weighted by Gasteiger charge is 2.22. The second kappa shape index (κ2) is 9.19. The Morgan fingerprint density at radius 1 is 1.15 bits per heavy atom. The fourth-order valence-electron chi connectivity index (χ4n) is 3.61. The molecule has 0 aliphatic rings. The summed E-state index contributed by atoms with van der Waals surface area (Å²) in [5.41, 5.74) is 3.06. The first-order chi connectivity index (χ1) is 15.9. The number of halogens is 1. The Morgan fingerprint density at radius 2 is 1.94 bits per heavy atom. The van der Waals surface area contributed by atoms with Crippen LogP contribution < -0.4 is 10.1 Å². The number of benzene rings is 1. The van der Waals surface area contributed by atoms with Crippen LogP contribution >= 0.6 is 0 Å². The van der Waals surface area contributed by atoms with Gasteiger partial charge in [0, 0.05) is 41.3 Å². The maximum atomic E-state index is 14.4. The molecule has 4 aromatic rings. The Labute approximate surface area is 189 Å². The van der Waals surface area contributed by atoms with Crippen molar-refractivity contribution in [3.8, 4) is 16.9 Å². The van der Waals surface area contributed by atoms with Crippen LogP contribution in [0.3, 0.4) is 0 Å². The molecule has 0 aliphatic carbocycles. The smallest absolute Gasteiger partial charge is 0.359 e. The number of aryl methyl sites for hydroxylation is 2. The molecule has 3 heterocycles. The summed E-state index contributed by atoms with van der Waals surface area (Å²) in [6.45, 7) is 5.71. The van der Waals surface area contributed by atoms with E-state index >= 15 is 0 Å². The fourth-order valence-corrected chi connectivity index (χ4v) is 3.61. The monoisotopic (exact) mass is 450 g/mol. The van der Waals surface area contributed by atoms with Crippen molar-refractivity contribution in [2.24, 2.45) is 0 Å². The number of esters is 1. The highest BCUT2D eigenvalue weighted by molar-refractivity contribution is 6.00. The van der Waals surface area contributed by atoms with Crippen LogP contribution in [-0.2, 0) is 11.3 Å². The maximum absolute atomic E-state index is 14.4. The van der Waals surface area contributed by atoms with Crippen molar-refractivity contribution in [2.45, 2.75) is 27.3 Å². The molecule has 0 fully saturated rings. The van der Waals surface area contributed by atoms with Crippen LogP contribution in [0.2, 0.25) is 0 Å². The molecule has 1 aromatic carbocycles. The number of methoxy groups -OCH3 is 1. The van der Waals surface area contributed by atoms with E-state index in [-0.39, 0.29) is 18.8 Å². The number of carbonyl (C=O) groups excluding carboxylic acids is 1. The molecule has 10 heteroatoms. The largest absolute Gasteiger partial charge is 0.496 e. The fraction of sp³-hybridized carbons (Fsp3) is 0.261. The number of aromatic nitrogens is 5.